The third-order valence-corrected chi connectivity index (χ3v) is 7.30. The summed E-state index contributed by atoms with van der Waals surface area (Å²) in [7, 11) is -3.54. The minimum Gasteiger partial charge on any atom is -0.368 e. The molecule has 1 unspecified atom stereocenters. The predicted octanol–water partition coefficient (Wildman–Crippen LogP) is 3.10. The van der Waals surface area contributed by atoms with E-state index in [0.29, 0.717) is 23.3 Å². The molecule has 2 heterocycles. The quantitative estimate of drug-likeness (QED) is 0.471. The number of benzene rings is 3. The van der Waals surface area contributed by atoms with Crippen LogP contribution in [0.5, 0.6) is 0 Å². The van der Waals surface area contributed by atoms with Gasteiger partial charge in [0, 0.05) is 23.2 Å². The number of hydrogen-bond donors (Lipinski definition) is 3. The van der Waals surface area contributed by atoms with E-state index in [2.05, 4.69) is 15.3 Å². The maximum Gasteiger partial charge on any atom is 0.248 e. The highest BCUT2D eigenvalue weighted by Gasteiger charge is 2.32. The second kappa shape index (κ2) is 6.70. The molecule has 1 aliphatic heterocycles. The second-order valence-electron chi connectivity index (χ2n) is 7.25. The molecule has 1 aromatic heterocycles. The lowest BCUT2D eigenvalue weighted by Gasteiger charge is -2.13. The van der Waals surface area contributed by atoms with Gasteiger partial charge in [-0.3, -0.25) is 4.79 Å². The molecule has 150 valence electrons. The van der Waals surface area contributed by atoms with Crippen LogP contribution in [-0.4, -0.2) is 29.7 Å². The molecule has 7 nitrogen and oxygen atoms in total. The van der Waals surface area contributed by atoms with E-state index in [4.69, 9.17) is 5.73 Å². The summed E-state index contributed by atoms with van der Waals surface area (Å²) in [6, 6.07) is 19.3. The second-order valence-corrected chi connectivity index (χ2v) is 9.38. The van der Waals surface area contributed by atoms with Crippen LogP contribution in [0.15, 0.2) is 71.6 Å². The lowest BCUT2D eigenvalue weighted by molar-refractivity contribution is 0.100. The van der Waals surface area contributed by atoms with Crippen LogP contribution >= 0.6 is 0 Å². The molecular formula is C22H18N4O3S. The van der Waals surface area contributed by atoms with Gasteiger partial charge in [-0.25, -0.2) is 13.4 Å². The molecule has 0 bridgehead atoms. The lowest BCUT2D eigenvalue weighted by Crippen LogP contribution is -2.27. The van der Waals surface area contributed by atoms with Gasteiger partial charge in [0.25, 0.3) is 0 Å². The number of sulfone groups is 1. The summed E-state index contributed by atoms with van der Waals surface area (Å²) in [5.41, 5.74) is 9.69. The molecule has 1 atom stereocenters. The van der Waals surface area contributed by atoms with E-state index in [0.717, 1.165) is 22.3 Å². The Labute approximate surface area is 172 Å². The number of primary amides is 1. The smallest absolute Gasteiger partial charge is 0.248 e. The number of nitrogens with one attached hydrogen (secondary N) is 2. The van der Waals surface area contributed by atoms with E-state index in [1.54, 1.807) is 42.5 Å². The van der Waals surface area contributed by atoms with Crippen LogP contribution in [0.2, 0.25) is 0 Å². The van der Waals surface area contributed by atoms with E-state index < -0.39 is 21.1 Å². The van der Waals surface area contributed by atoms with Crippen molar-refractivity contribution in [1.82, 2.24) is 9.97 Å². The first kappa shape index (κ1) is 18.4. The number of aromatic amines is 1. The number of nitrogens with two attached hydrogens (primary N) is 1. The summed E-state index contributed by atoms with van der Waals surface area (Å²) in [6.07, 6.45) is 0.437. The van der Waals surface area contributed by atoms with Gasteiger partial charge >= 0.3 is 0 Å². The fourth-order valence-corrected chi connectivity index (χ4v) is 5.24. The van der Waals surface area contributed by atoms with Crippen LogP contribution in [0, 0.1) is 0 Å². The molecule has 0 spiro atoms. The van der Waals surface area contributed by atoms with Crippen molar-refractivity contribution in [1.29, 1.82) is 0 Å². The number of hydrogen-bond acceptors (Lipinski definition) is 5. The number of H-pyrrole nitrogens is 1. The maximum atomic E-state index is 13.1. The third kappa shape index (κ3) is 3.02. The lowest BCUT2D eigenvalue weighted by atomic mass is 10.2. The Balaban J connectivity index is 1.43. The summed E-state index contributed by atoms with van der Waals surface area (Å²) in [5, 5.41) is 2.43. The van der Waals surface area contributed by atoms with Crippen LogP contribution in [0.3, 0.4) is 0 Å². The van der Waals surface area contributed by atoms with Crippen LogP contribution in [-0.2, 0) is 16.3 Å². The van der Waals surface area contributed by atoms with E-state index >= 15 is 0 Å². The van der Waals surface area contributed by atoms with Crippen molar-refractivity contribution in [2.45, 2.75) is 16.7 Å². The third-order valence-electron chi connectivity index (χ3n) is 5.34. The zero-order chi connectivity index (χ0) is 20.9. The zero-order valence-electron chi connectivity index (χ0n) is 15.8. The monoisotopic (exact) mass is 418 g/mol. The van der Waals surface area contributed by atoms with Crippen LogP contribution in [0.4, 0.5) is 5.69 Å². The summed E-state index contributed by atoms with van der Waals surface area (Å²) in [6.45, 7) is 0. The summed E-state index contributed by atoms with van der Waals surface area (Å²) < 4.78 is 26.1. The molecular weight excluding hydrogens is 400 g/mol. The maximum absolute atomic E-state index is 13.1. The molecule has 0 radical (unpaired) electrons. The fourth-order valence-electron chi connectivity index (χ4n) is 3.71. The zero-order valence-corrected chi connectivity index (χ0v) is 16.6. The average molecular weight is 418 g/mol. The standard InChI is InChI=1S/C22H18N4O3S/c23-21(27)15-7-10-18-19(11-15)26-22(25-18)13-5-8-16(9-6-13)30(28,29)20-12-14-3-1-2-4-17(14)24-20/h1-11,20,24H,12H2,(H2,23,27)(H,25,26). The van der Waals surface area contributed by atoms with E-state index in [1.807, 2.05) is 24.3 Å². The van der Waals surface area contributed by atoms with E-state index in [1.165, 1.54) is 0 Å². The van der Waals surface area contributed by atoms with Gasteiger partial charge in [0.2, 0.25) is 5.91 Å². The Morgan fingerprint density at radius 2 is 1.80 bits per heavy atom. The van der Waals surface area contributed by atoms with Gasteiger partial charge in [-0.05, 0) is 54.1 Å². The van der Waals surface area contributed by atoms with Crippen molar-refractivity contribution >= 4 is 32.5 Å². The fraction of sp³-hybridized carbons (Fsp3) is 0.0909. The number of carbonyl (C=O) groups excluding carboxylic acids is 1. The molecule has 3 aromatic carbocycles. The van der Waals surface area contributed by atoms with Crippen LogP contribution < -0.4 is 11.1 Å². The molecule has 1 amide bonds. The topological polar surface area (TPSA) is 118 Å². The number of amides is 1. The summed E-state index contributed by atoms with van der Waals surface area (Å²) in [4.78, 5) is 19.3. The summed E-state index contributed by atoms with van der Waals surface area (Å²) >= 11 is 0. The molecule has 0 aliphatic carbocycles. The minimum absolute atomic E-state index is 0.253. The first-order chi connectivity index (χ1) is 14.4. The Morgan fingerprint density at radius 3 is 2.53 bits per heavy atom. The number of rotatable bonds is 4. The Bertz CT molecular complexity index is 1370. The van der Waals surface area contributed by atoms with Crippen molar-refractivity contribution in [2.75, 3.05) is 5.32 Å². The molecule has 4 aromatic rings. The Morgan fingerprint density at radius 1 is 1.03 bits per heavy atom. The van der Waals surface area contributed by atoms with Crippen molar-refractivity contribution in [3.63, 3.8) is 0 Å². The van der Waals surface area contributed by atoms with Crippen LogP contribution in [0.25, 0.3) is 22.4 Å². The first-order valence-corrected chi connectivity index (χ1v) is 10.9. The number of carbonyl (C=O) groups is 1. The Kier molecular flexibility index (Phi) is 4.11. The highest BCUT2D eigenvalue weighted by molar-refractivity contribution is 7.92. The predicted molar refractivity (Wildman–Crippen MR) is 115 cm³/mol. The molecule has 8 heteroatoms. The number of aromatic nitrogens is 2. The number of para-hydroxylation sites is 1. The number of anilines is 1. The molecule has 1 aliphatic rings. The van der Waals surface area contributed by atoms with Crippen molar-refractivity contribution < 1.29 is 13.2 Å². The summed E-state index contributed by atoms with van der Waals surface area (Å²) in [5.74, 6) is 0.0700. The highest BCUT2D eigenvalue weighted by atomic mass is 32.2. The van der Waals surface area contributed by atoms with Crippen molar-refractivity contribution in [2.24, 2.45) is 5.73 Å². The number of nitrogens with zero attached hydrogens (tertiary/aromatic N) is 1. The van der Waals surface area contributed by atoms with Gasteiger partial charge in [0.1, 0.15) is 11.2 Å². The van der Waals surface area contributed by atoms with Crippen molar-refractivity contribution in [3.05, 3.63) is 77.9 Å². The molecule has 5 rings (SSSR count). The number of imidazole rings is 1. The Hall–Kier alpha value is -3.65. The van der Waals surface area contributed by atoms with Gasteiger partial charge in [0.15, 0.2) is 9.84 Å². The first-order valence-electron chi connectivity index (χ1n) is 9.40. The van der Waals surface area contributed by atoms with E-state index in [9.17, 15) is 13.2 Å². The minimum atomic E-state index is -3.54. The van der Waals surface area contributed by atoms with Crippen molar-refractivity contribution in [3.8, 4) is 11.4 Å². The van der Waals surface area contributed by atoms with Gasteiger partial charge in [-0.1, -0.05) is 18.2 Å². The molecule has 30 heavy (non-hydrogen) atoms. The SMILES string of the molecule is NC(=O)c1ccc2[nH]c(-c3ccc(S(=O)(=O)C4Cc5ccccc5N4)cc3)nc2c1. The largest absolute Gasteiger partial charge is 0.368 e. The highest BCUT2D eigenvalue weighted by Crippen LogP contribution is 2.31. The van der Waals surface area contributed by atoms with Gasteiger partial charge in [-0.2, -0.15) is 0 Å². The van der Waals surface area contributed by atoms with Crippen LogP contribution in [0.1, 0.15) is 15.9 Å². The molecule has 4 N–H and O–H groups in total. The molecule has 0 fully saturated rings. The number of fused-ring (bicyclic) bond motifs is 2. The average Bonchev–Trinajstić information content (AvgIpc) is 3.37. The normalized spacial score (nSPS) is 15.7. The van der Waals surface area contributed by atoms with Gasteiger partial charge < -0.3 is 16.0 Å². The van der Waals surface area contributed by atoms with Gasteiger partial charge in [0.05, 0.1) is 15.9 Å². The molecule has 0 saturated carbocycles. The molecule has 0 saturated heterocycles. The van der Waals surface area contributed by atoms with E-state index in [-0.39, 0.29) is 4.90 Å². The van der Waals surface area contributed by atoms with Gasteiger partial charge in [-0.15, -0.1) is 0 Å².